The number of hydrogen-bond donors (Lipinski definition) is 0. The topological polar surface area (TPSA) is 64.5 Å². The molecule has 0 amide bonds. The number of nitrogens with zero attached hydrogens (tertiary/aromatic N) is 5. The molecule has 0 saturated heterocycles. The fourth-order valence-electron chi connectivity index (χ4n) is 12.7. The predicted molar refractivity (Wildman–Crippen MR) is 386 cm³/mol. The van der Waals surface area contributed by atoms with E-state index in [0.717, 1.165) is 81.8 Å². The van der Waals surface area contributed by atoms with Crippen molar-refractivity contribution in [3.63, 3.8) is 0 Å². The van der Waals surface area contributed by atoms with E-state index < -0.39 is 0 Å². The van der Waals surface area contributed by atoms with Gasteiger partial charge in [0, 0.05) is 73.7 Å². The Balaban J connectivity index is 0.786. The zero-order valence-electron chi connectivity index (χ0n) is 49.7. The van der Waals surface area contributed by atoms with Crippen LogP contribution in [0.3, 0.4) is 0 Å². The Bertz CT molecular complexity index is 5470. The molecule has 0 spiro atoms. The molecule has 13 aromatic carbocycles. The van der Waals surface area contributed by atoms with Crippen LogP contribution in [0.5, 0.6) is 0 Å². The Morgan fingerprint density at radius 2 is 0.543 bits per heavy atom. The summed E-state index contributed by atoms with van der Waals surface area (Å²) in [4.78, 5) is 26.4. The lowest BCUT2D eigenvalue weighted by Gasteiger charge is -2.12. The summed E-state index contributed by atoms with van der Waals surface area (Å²) in [5.41, 5.74) is 21.5. The smallest absolute Gasteiger partial charge is 0.165 e. The lowest BCUT2D eigenvalue weighted by Crippen LogP contribution is -2.00. The minimum atomic E-state index is 0.632. The van der Waals surface area contributed by atoms with Gasteiger partial charge in [0.15, 0.2) is 23.3 Å². The Morgan fingerprint density at radius 1 is 0.185 bits per heavy atom. The second kappa shape index (κ2) is 23.4. The first-order chi connectivity index (χ1) is 45.5. The third-order valence-electron chi connectivity index (χ3n) is 17.4. The average molecular weight is 1210 g/mol. The Kier molecular flexibility index (Phi) is 13.9. The highest BCUT2D eigenvalue weighted by Crippen LogP contribution is 2.47. The third kappa shape index (κ3) is 10.3. The molecule has 0 atom stereocenters. The van der Waals surface area contributed by atoms with Crippen LogP contribution in [0.4, 0.5) is 0 Å². The molecule has 92 heavy (non-hydrogen) atoms. The summed E-state index contributed by atoms with van der Waals surface area (Å²) in [6, 6.07) is 115. The number of thiophene rings is 2. The van der Waals surface area contributed by atoms with Gasteiger partial charge in [-0.3, -0.25) is 0 Å². The molecule has 0 aliphatic carbocycles. The van der Waals surface area contributed by atoms with Gasteiger partial charge in [-0.05, 0) is 121 Å². The lowest BCUT2D eigenvalue weighted by atomic mass is 9.93. The summed E-state index contributed by atoms with van der Waals surface area (Å²) in [5, 5.41) is 4.73. The van der Waals surface area contributed by atoms with Gasteiger partial charge >= 0.3 is 0 Å². The molecule has 7 heteroatoms. The van der Waals surface area contributed by atoms with Gasteiger partial charge in [0.1, 0.15) is 0 Å². The zero-order valence-corrected chi connectivity index (χ0v) is 51.3. The fraction of sp³-hybridized carbons (Fsp3) is 0. The van der Waals surface area contributed by atoms with Crippen molar-refractivity contribution >= 4 is 63.0 Å². The second-order valence-electron chi connectivity index (χ2n) is 23.1. The normalized spacial score (nSPS) is 11.5. The Labute approximate surface area is 540 Å². The quantitative estimate of drug-likeness (QED) is 0.122. The van der Waals surface area contributed by atoms with Crippen molar-refractivity contribution in [3.8, 4) is 135 Å². The molecule has 0 N–H and O–H groups in total. The highest BCUT2D eigenvalue weighted by molar-refractivity contribution is 7.26. The number of hydrogen-bond acceptors (Lipinski definition) is 7. The van der Waals surface area contributed by atoms with E-state index in [1.807, 2.05) is 47.7 Å². The number of benzene rings is 13. The van der Waals surface area contributed by atoms with E-state index in [9.17, 15) is 0 Å². The molecule has 4 heterocycles. The first kappa shape index (κ1) is 54.5. The molecule has 17 rings (SSSR count). The van der Waals surface area contributed by atoms with Gasteiger partial charge in [-0.25, -0.2) is 24.9 Å². The van der Waals surface area contributed by atoms with Crippen LogP contribution < -0.4 is 0 Å². The monoisotopic (exact) mass is 1210 g/mol. The van der Waals surface area contributed by atoms with E-state index in [1.165, 1.54) is 70.1 Å². The largest absolute Gasteiger partial charge is 0.228 e. The number of fused-ring (bicyclic) bond motifs is 6. The minimum absolute atomic E-state index is 0.632. The van der Waals surface area contributed by atoms with Gasteiger partial charge in [0.05, 0.1) is 11.4 Å². The van der Waals surface area contributed by atoms with Gasteiger partial charge in [0.2, 0.25) is 0 Å². The van der Waals surface area contributed by atoms with Gasteiger partial charge in [-0.2, -0.15) is 0 Å². The summed E-state index contributed by atoms with van der Waals surface area (Å²) in [6.07, 6.45) is 0. The van der Waals surface area contributed by atoms with Crippen LogP contribution in [0.2, 0.25) is 0 Å². The fourth-order valence-corrected chi connectivity index (χ4v) is 15.3. The van der Waals surface area contributed by atoms with Crippen LogP contribution >= 0.6 is 22.7 Å². The third-order valence-corrected chi connectivity index (χ3v) is 19.8. The van der Waals surface area contributed by atoms with Crippen molar-refractivity contribution in [2.24, 2.45) is 0 Å². The molecular formula is C85H53N5S2. The molecule has 0 aliphatic rings. The SMILES string of the molecule is c1ccc(-c2ccc(-c3cc(-c4ccc(-c5cc(-c6ccccc6)nc(-c6cccc7c6sc6cc(-c8cc(-c9ccccc9)cc(-c9ccccc9)c8)ccc67)n5)cc4)c4c(c3)sc3c(-c5nc(-c6ccccc6)nc(-c6ccccc6)n5)cccc34)cc2)cc1. The van der Waals surface area contributed by atoms with Crippen LogP contribution in [0.25, 0.3) is 175 Å². The molecule has 0 radical (unpaired) electrons. The van der Waals surface area contributed by atoms with Crippen molar-refractivity contribution in [3.05, 3.63) is 322 Å². The molecule has 0 bridgehead atoms. The van der Waals surface area contributed by atoms with Crippen LogP contribution in [0.1, 0.15) is 0 Å². The molecule has 4 aromatic heterocycles. The summed E-state index contributed by atoms with van der Waals surface area (Å²) < 4.78 is 4.65. The molecule has 0 aliphatic heterocycles. The van der Waals surface area contributed by atoms with E-state index in [0.29, 0.717) is 23.3 Å². The highest BCUT2D eigenvalue weighted by Gasteiger charge is 2.22. The standard InChI is InChI=1S/C85H53N5S2/c1-7-21-54(22-8-1)57-37-39-58(40-38-57)68-50-74(79-71-34-20-36-73(81(71)92-78(79)52-68)85-89-82(62-29-15-5-16-30-62)88-83(90-85)63-31-17-6-18-32-63)59-41-43-61(44-42-59)76-53-75(60-27-13-4-14-28-60)86-84(87-76)72-35-19-33-70-69-46-45-64(51-77(69)91-80(70)72)67-48-65(55-23-9-2-10-24-55)47-66(49-67)56-25-11-3-12-26-56/h1-53H. The van der Waals surface area contributed by atoms with E-state index in [4.69, 9.17) is 24.9 Å². The molecule has 0 saturated carbocycles. The van der Waals surface area contributed by atoms with E-state index >= 15 is 0 Å². The first-order valence-electron chi connectivity index (χ1n) is 30.8. The van der Waals surface area contributed by atoms with Gasteiger partial charge in [-0.1, -0.05) is 267 Å². The Morgan fingerprint density at radius 3 is 1.09 bits per heavy atom. The van der Waals surface area contributed by atoms with Crippen molar-refractivity contribution in [2.75, 3.05) is 0 Å². The second-order valence-corrected chi connectivity index (χ2v) is 25.2. The van der Waals surface area contributed by atoms with Crippen molar-refractivity contribution in [2.45, 2.75) is 0 Å². The van der Waals surface area contributed by atoms with Crippen LogP contribution in [-0.2, 0) is 0 Å². The highest BCUT2D eigenvalue weighted by atomic mass is 32.1. The number of rotatable bonds is 12. The molecule has 5 nitrogen and oxygen atoms in total. The first-order valence-corrected chi connectivity index (χ1v) is 32.5. The maximum Gasteiger partial charge on any atom is 0.165 e. The van der Waals surface area contributed by atoms with Crippen LogP contribution in [0.15, 0.2) is 322 Å². The van der Waals surface area contributed by atoms with Crippen molar-refractivity contribution < 1.29 is 0 Å². The van der Waals surface area contributed by atoms with Gasteiger partial charge < -0.3 is 0 Å². The summed E-state index contributed by atoms with van der Waals surface area (Å²) in [5.74, 6) is 2.58. The van der Waals surface area contributed by atoms with Crippen LogP contribution in [0, 0.1) is 0 Å². The van der Waals surface area contributed by atoms with Crippen molar-refractivity contribution in [1.82, 2.24) is 24.9 Å². The van der Waals surface area contributed by atoms with Gasteiger partial charge in [0.25, 0.3) is 0 Å². The molecule has 0 unspecified atom stereocenters. The van der Waals surface area contributed by atoms with E-state index in [-0.39, 0.29) is 0 Å². The average Bonchev–Trinajstić information content (AvgIpc) is 1.60. The van der Waals surface area contributed by atoms with Crippen molar-refractivity contribution in [1.29, 1.82) is 0 Å². The van der Waals surface area contributed by atoms with E-state index in [1.54, 1.807) is 11.3 Å². The summed E-state index contributed by atoms with van der Waals surface area (Å²) in [7, 11) is 0. The molecule has 0 fully saturated rings. The molecular weight excluding hydrogens is 1160 g/mol. The van der Waals surface area contributed by atoms with E-state index in [2.05, 4.69) is 285 Å². The van der Waals surface area contributed by atoms with Gasteiger partial charge in [-0.15, -0.1) is 22.7 Å². The molecule has 17 aromatic rings. The minimum Gasteiger partial charge on any atom is -0.228 e. The van der Waals surface area contributed by atoms with Crippen LogP contribution in [-0.4, -0.2) is 24.9 Å². The maximum atomic E-state index is 5.50. The zero-order chi connectivity index (χ0) is 60.9. The lowest BCUT2D eigenvalue weighted by molar-refractivity contribution is 1.08. The summed E-state index contributed by atoms with van der Waals surface area (Å²) in [6.45, 7) is 0. The maximum absolute atomic E-state index is 5.50. The number of aromatic nitrogens is 5. The summed E-state index contributed by atoms with van der Waals surface area (Å²) >= 11 is 3.59. The Hall–Kier alpha value is -11.6. The molecule has 430 valence electrons. The predicted octanol–water partition coefficient (Wildman–Crippen LogP) is 23.4.